The molecule has 4 rings (SSSR count). The summed E-state index contributed by atoms with van der Waals surface area (Å²) in [5.41, 5.74) is 5.97. The van der Waals surface area contributed by atoms with Crippen molar-refractivity contribution in [1.82, 2.24) is 10.4 Å². The lowest BCUT2D eigenvalue weighted by Crippen LogP contribution is -2.49. The summed E-state index contributed by atoms with van der Waals surface area (Å²) in [5, 5.41) is 0. The molecule has 2 aromatic carbocycles. The number of hydroxylamine groups is 1. The van der Waals surface area contributed by atoms with Crippen molar-refractivity contribution in [1.29, 1.82) is 0 Å². The van der Waals surface area contributed by atoms with Crippen molar-refractivity contribution in [3.63, 3.8) is 0 Å². The van der Waals surface area contributed by atoms with Gasteiger partial charge in [0.15, 0.2) is 0 Å². The van der Waals surface area contributed by atoms with Crippen molar-refractivity contribution in [3.8, 4) is 5.75 Å². The monoisotopic (exact) mass is 449 g/mol. The molecule has 1 atom stereocenters. The van der Waals surface area contributed by atoms with Gasteiger partial charge in [-0.25, -0.2) is 0 Å². The molecule has 2 saturated heterocycles. The topological polar surface area (TPSA) is 63.3 Å². The number of β-lactam (4-membered cyclic amide) rings is 1. The van der Waals surface area contributed by atoms with Gasteiger partial charge in [-0.05, 0) is 42.3 Å². The number of anilines is 1. The van der Waals surface area contributed by atoms with Crippen LogP contribution in [0.3, 0.4) is 0 Å². The Kier molecular flexibility index (Phi) is 7.78. The Morgan fingerprint density at radius 3 is 2.58 bits per heavy atom. The zero-order valence-corrected chi connectivity index (χ0v) is 19.0. The van der Waals surface area contributed by atoms with Gasteiger partial charge in [-0.2, -0.15) is 0 Å². The molecular weight excluding hydrogens is 418 g/mol. The molecule has 174 valence electrons. The molecule has 0 aliphatic carbocycles. The number of hydrogen-bond donors (Lipinski definition) is 1. The molecule has 0 spiro atoms. The first kappa shape index (κ1) is 23.0. The Labute approximate surface area is 195 Å². The van der Waals surface area contributed by atoms with E-state index < -0.39 is 0 Å². The molecule has 2 fully saturated rings. The van der Waals surface area contributed by atoms with E-state index in [0.717, 1.165) is 56.3 Å². The van der Waals surface area contributed by atoms with Crippen LogP contribution in [0.5, 0.6) is 5.75 Å². The molecule has 7 heteroatoms. The maximum atomic E-state index is 13.1. The predicted octanol–water partition coefficient (Wildman–Crippen LogP) is 3.47. The number of carbonyl (C=O) groups excluding carboxylic acids is 1. The van der Waals surface area contributed by atoms with Gasteiger partial charge in [-0.1, -0.05) is 36.9 Å². The summed E-state index contributed by atoms with van der Waals surface area (Å²) in [5.74, 6) is 0.700. The van der Waals surface area contributed by atoms with Gasteiger partial charge in [0.25, 0.3) is 5.91 Å². The van der Waals surface area contributed by atoms with Gasteiger partial charge in [-0.3, -0.25) is 24.9 Å². The van der Waals surface area contributed by atoms with Gasteiger partial charge in [0.05, 0.1) is 38.7 Å². The number of benzene rings is 2. The molecule has 2 heterocycles. The minimum atomic E-state index is -0.188. The molecule has 1 N–H and O–H groups in total. The Morgan fingerprint density at radius 1 is 1.15 bits per heavy atom. The number of methoxy groups -OCH3 is 1. The van der Waals surface area contributed by atoms with Gasteiger partial charge in [-0.15, -0.1) is 0 Å². The maximum Gasteiger partial charge on any atom is 0.257 e. The smallest absolute Gasteiger partial charge is 0.257 e. The van der Waals surface area contributed by atoms with E-state index >= 15 is 0 Å². The van der Waals surface area contributed by atoms with Crippen molar-refractivity contribution in [2.45, 2.75) is 12.5 Å². The fourth-order valence-corrected chi connectivity index (χ4v) is 4.11. The summed E-state index contributed by atoms with van der Waals surface area (Å²) >= 11 is 0. The summed E-state index contributed by atoms with van der Waals surface area (Å²) in [6, 6.07) is 17.3. The molecule has 2 aliphatic heterocycles. The van der Waals surface area contributed by atoms with Crippen LogP contribution in [0.25, 0.3) is 0 Å². The highest BCUT2D eigenvalue weighted by Crippen LogP contribution is 2.43. The molecule has 0 saturated carbocycles. The summed E-state index contributed by atoms with van der Waals surface area (Å²) in [6.07, 6.45) is 2.69. The minimum Gasteiger partial charge on any atom is -0.497 e. The van der Waals surface area contributed by atoms with Crippen LogP contribution in [0.1, 0.15) is 18.0 Å². The van der Waals surface area contributed by atoms with Crippen molar-refractivity contribution in [2.75, 3.05) is 51.5 Å². The first-order valence-electron chi connectivity index (χ1n) is 11.3. The number of hydrogen-bond acceptors (Lipinski definition) is 6. The van der Waals surface area contributed by atoms with Gasteiger partial charge in [0, 0.05) is 30.9 Å². The van der Waals surface area contributed by atoms with Crippen LogP contribution in [0.15, 0.2) is 78.5 Å². The average molecular weight is 450 g/mol. The van der Waals surface area contributed by atoms with E-state index in [-0.39, 0.29) is 11.9 Å². The van der Waals surface area contributed by atoms with Crippen LogP contribution in [0.2, 0.25) is 0 Å². The molecular formula is C26H31N3O4. The van der Waals surface area contributed by atoms with Crippen LogP contribution in [0, 0.1) is 0 Å². The van der Waals surface area contributed by atoms with Gasteiger partial charge in [0.2, 0.25) is 0 Å². The molecule has 0 bridgehead atoms. The Morgan fingerprint density at radius 2 is 1.88 bits per heavy atom. The maximum absolute atomic E-state index is 13.1. The summed E-state index contributed by atoms with van der Waals surface area (Å²) < 4.78 is 10.6. The quantitative estimate of drug-likeness (QED) is 0.259. The second-order valence-electron chi connectivity index (χ2n) is 8.07. The number of amides is 1. The highest BCUT2D eigenvalue weighted by molar-refractivity contribution is 6.15. The number of carbonyl (C=O) groups is 1. The Hall–Kier alpha value is -3.13. The molecule has 1 unspecified atom stereocenters. The van der Waals surface area contributed by atoms with Crippen LogP contribution in [-0.2, 0) is 14.4 Å². The molecule has 0 radical (unpaired) electrons. The van der Waals surface area contributed by atoms with Crippen molar-refractivity contribution >= 4 is 11.6 Å². The van der Waals surface area contributed by atoms with E-state index in [4.69, 9.17) is 14.3 Å². The van der Waals surface area contributed by atoms with Gasteiger partial charge < -0.3 is 9.47 Å². The van der Waals surface area contributed by atoms with E-state index in [9.17, 15) is 4.79 Å². The molecule has 1 amide bonds. The fourth-order valence-electron chi connectivity index (χ4n) is 4.11. The number of nitrogens with one attached hydrogen (secondary N) is 1. The van der Waals surface area contributed by atoms with Gasteiger partial charge >= 0.3 is 0 Å². The van der Waals surface area contributed by atoms with E-state index in [0.29, 0.717) is 17.9 Å². The van der Waals surface area contributed by atoms with Crippen molar-refractivity contribution < 1.29 is 19.1 Å². The van der Waals surface area contributed by atoms with Gasteiger partial charge in [0.1, 0.15) is 5.75 Å². The Balaban J connectivity index is 1.37. The normalized spacial score (nSPS) is 19.9. The third-order valence-electron chi connectivity index (χ3n) is 5.84. The minimum absolute atomic E-state index is 0.0516. The first-order valence-corrected chi connectivity index (χ1v) is 11.3. The first-order chi connectivity index (χ1) is 16.2. The third kappa shape index (κ3) is 5.63. The highest BCUT2D eigenvalue weighted by atomic mass is 16.6. The third-order valence-corrected chi connectivity index (χ3v) is 5.84. The second kappa shape index (κ2) is 11.1. The van der Waals surface area contributed by atoms with E-state index in [1.165, 1.54) is 0 Å². The molecule has 7 nitrogen and oxygen atoms in total. The SMILES string of the molecule is C=C(C=C1C(=O)N(c2ccc(OC)cc2)C1c1ccccc1)NOCCCN1CCOCC1. The second-order valence-corrected chi connectivity index (χ2v) is 8.07. The van der Waals surface area contributed by atoms with Crippen LogP contribution >= 0.6 is 0 Å². The number of allylic oxidation sites excluding steroid dienone is 1. The molecule has 0 aromatic heterocycles. The lowest BCUT2D eigenvalue weighted by molar-refractivity contribution is -0.119. The van der Waals surface area contributed by atoms with Crippen LogP contribution < -0.4 is 15.1 Å². The standard InChI is InChI=1S/C26H31N3O4/c1-20(27-33-16-6-13-28-14-17-32-18-15-28)19-24-25(21-7-4-3-5-8-21)29(26(24)30)22-9-11-23(31-2)12-10-22/h3-5,7-12,19,25,27H,1,6,13-18H2,2H3. The fraction of sp³-hybridized carbons (Fsp3) is 0.346. The van der Waals surface area contributed by atoms with Crippen LogP contribution in [-0.4, -0.2) is 57.4 Å². The van der Waals surface area contributed by atoms with Crippen molar-refractivity contribution in [2.24, 2.45) is 0 Å². The van der Waals surface area contributed by atoms with Crippen LogP contribution in [0.4, 0.5) is 5.69 Å². The van der Waals surface area contributed by atoms with E-state index in [1.54, 1.807) is 18.1 Å². The average Bonchev–Trinajstić information content (AvgIpc) is 2.86. The zero-order valence-electron chi connectivity index (χ0n) is 19.0. The summed E-state index contributed by atoms with van der Waals surface area (Å²) in [7, 11) is 1.63. The van der Waals surface area contributed by atoms with Crippen molar-refractivity contribution in [3.05, 3.63) is 84.1 Å². The molecule has 2 aromatic rings. The lowest BCUT2D eigenvalue weighted by Gasteiger charge is -2.43. The predicted molar refractivity (Wildman–Crippen MR) is 128 cm³/mol. The lowest BCUT2D eigenvalue weighted by atomic mass is 9.86. The molecule has 2 aliphatic rings. The zero-order chi connectivity index (χ0) is 23.0. The number of ether oxygens (including phenoxy) is 2. The number of rotatable bonds is 10. The van der Waals surface area contributed by atoms with E-state index in [1.807, 2.05) is 54.6 Å². The Bertz CT molecular complexity index is 969. The largest absolute Gasteiger partial charge is 0.497 e. The summed E-state index contributed by atoms with van der Waals surface area (Å²) in [6.45, 7) is 9.10. The number of nitrogens with zero attached hydrogens (tertiary/aromatic N) is 2. The number of morpholine rings is 1. The highest BCUT2D eigenvalue weighted by Gasteiger charge is 2.43. The van der Waals surface area contributed by atoms with E-state index in [2.05, 4.69) is 17.0 Å². The summed E-state index contributed by atoms with van der Waals surface area (Å²) in [4.78, 5) is 22.8. The molecule has 33 heavy (non-hydrogen) atoms.